The number of ether oxygens (including phenoxy) is 1. The summed E-state index contributed by atoms with van der Waals surface area (Å²) in [5, 5.41) is 13.5. The van der Waals surface area contributed by atoms with Crippen molar-refractivity contribution in [3.05, 3.63) is 83.2 Å². The van der Waals surface area contributed by atoms with E-state index in [2.05, 4.69) is 44.0 Å². The molecule has 0 amide bonds. The van der Waals surface area contributed by atoms with Gasteiger partial charge in [-0.15, -0.1) is 11.7 Å². The zero-order chi connectivity index (χ0) is 21.6. The highest BCUT2D eigenvalue weighted by atomic mass is 35.5. The summed E-state index contributed by atoms with van der Waals surface area (Å²) in [6, 6.07) is 15.9. The second kappa shape index (κ2) is 10.0. The first-order valence-electron chi connectivity index (χ1n) is 10.4. The van der Waals surface area contributed by atoms with Gasteiger partial charge in [0.25, 0.3) is 0 Å². The fraction of sp³-hybridized carbons (Fsp3) is 0.348. The molecule has 0 saturated carbocycles. The van der Waals surface area contributed by atoms with E-state index in [4.69, 9.17) is 16.3 Å². The fourth-order valence-electron chi connectivity index (χ4n) is 3.98. The molecular formula is C23H27ClN6O. The van der Waals surface area contributed by atoms with Gasteiger partial charge in [-0.05, 0) is 45.8 Å². The van der Waals surface area contributed by atoms with Crippen LogP contribution in [-0.2, 0) is 6.54 Å². The van der Waals surface area contributed by atoms with Crippen LogP contribution in [0.4, 0.5) is 0 Å². The molecule has 1 aliphatic heterocycles. The van der Waals surface area contributed by atoms with E-state index in [-0.39, 0.29) is 6.04 Å². The molecule has 4 rings (SSSR count). The SMILES string of the molecule is C=CCN1CCN([C@H](c2ccc(Cl)cc2)c2nnnn2Cc2ccc(OC)cc2)CC1. The van der Waals surface area contributed by atoms with Crippen LogP contribution < -0.4 is 4.74 Å². The Balaban J connectivity index is 1.62. The molecule has 1 aromatic heterocycles. The van der Waals surface area contributed by atoms with Crippen molar-refractivity contribution in [2.75, 3.05) is 39.8 Å². The van der Waals surface area contributed by atoms with Crippen LogP contribution in [0.2, 0.25) is 5.02 Å². The van der Waals surface area contributed by atoms with Crippen LogP contribution in [0.5, 0.6) is 5.75 Å². The number of hydrogen-bond donors (Lipinski definition) is 0. The molecule has 0 spiro atoms. The van der Waals surface area contributed by atoms with Crippen molar-refractivity contribution in [3.63, 3.8) is 0 Å². The zero-order valence-corrected chi connectivity index (χ0v) is 18.4. The van der Waals surface area contributed by atoms with Crippen molar-refractivity contribution < 1.29 is 4.74 Å². The van der Waals surface area contributed by atoms with Crippen molar-refractivity contribution in [1.29, 1.82) is 0 Å². The lowest BCUT2D eigenvalue weighted by atomic mass is 10.0. The van der Waals surface area contributed by atoms with E-state index < -0.39 is 0 Å². The lowest BCUT2D eigenvalue weighted by Gasteiger charge is -2.38. The molecule has 2 aromatic carbocycles. The first-order chi connectivity index (χ1) is 15.2. The van der Waals surface area contributed by atoms with E-state index in [1.807, 2.05) is 47.2 Å². The van der Waals surface area contributed by atoms with Crippen molar-refractivity contribution in [2.24, 2.45) is 0 Å². The highest BCUT2D eigenvalue weighted by Crippen LogP contribution is 2.29. The molecular weight excluding hydrogens is 412 g/mol. The maximum atomic E-state index is 6.16. The molecule has 2 heterocycles. The first-order valence-corrected chi connectivity index (χ1v) is 10.8. The molecule has 0 aliphatic carbocycles. The number of tetrazole rings is 1. The highest BCUT2D eigenvalue weighted by molar-refractivity contribution is 6.30. The predicted molar refractivity (Wildman–Crippen MR) is 121 cm³/mol. The number of rotatable bonds is 8. The third-order valence-corrected chi connectivity index (χ3v) is 5.89. The Hall–Kier alpha value is -2.74. The Kier molecular flexibility index (Phi) is 6.96. The Morgan fingerprint density at radius 2 is 1.77 bits per heavy atom. The summed E-state index contributed by atoms with van der Waals surface area (Å²) in [7, 11) is 1.67. The van der Waals surface area contributed by atoms with Gasteiger partial charge in [0.2, 0.25) is 0 Å². The van der Waals surface area contributed by atoms with Crippen LogP contribution in [0.15, 0.2) is 61.2 Å². The maximum Gasteiger partial charge on any atom is 0.173 e. The summed E-state index contributed by atoms with van der Waals surface area (Å²) >= 11 is 6.16. The minimum absolute atomic E-state index is 0.0450. The molecule has 1 aliphatic rings. The van der Waals surface area contributed by atoms with Gasteiger partial charge in [-0.2, -0.15) is 0 Å². The second-order valence-electron chi connectivity index (χ2n) is 7.62. The van der Waals surface area contributed by atoms with Gasteiger partial charge in [-0.25, -0.2) is 4.68 Å². The van der Waals surface area contributed by atoms with Crippen LogP contribution >= 0.6 is 11.6 Å². The van der Waals surface area contributed by atoms with Crippen molar-refractivity contribution in [2.45, 2.75) is 12.6 Å². The third kappa shape index (κ3) is 5.12. The van der Waals surface area contributed by atoms with Crippen LogP contribution in [0.25, 0.3) is 0 Å². The largest absolute Gasteiger partial charge is 0.497 e. The Bertz CT molecular complexity index is 980. The Labute approximate surface area is 187 Å². The van der Waals surface area contributed by atoms with Crippen LogP contribution in [0.3, 0.4) is 0 Å². The number of hydrogen-bond acceptors (Lipinski definition) is 6. The monoisotopic (exact) mass is 438 g/mol. The van der Waals surface area contributed by atoms with E-state index in [0.717, 1.165) is 60.4 Å². The van der Waals surface area contributed by atoms with Gasteiger partial charge in [0.05, 0.1) is 19.7 Å². The van der Waals surface area contributed by atoms with E-state index in [9.17, 15) is 0 Å². The average Bonchev–Trinajstić information content (AvgIpc) is 3.25. The topological polar surface area (TPSA) is 59.3 Å². The standard InChI is InChI=1S/C23H27ClN6O/c1-3-12-28-13-15-29(16-14-28)22(19-6-8-20(24)9-7-19)23-25-26-27-30(23)17-18-4-10-21(31-2)11-5-18/h3-11,22H,1,12-17H2,2H3/t22-/m1/s1. The van der Waals surface area contributed by atoms with Crippen molar-refractivity contribution >= 4 is 11.6 Å². The maximum absolute atomic E-state index is 6.16. The molecule has 1 fully saturated rings. The van der Waals surface area contributed by atoms with Crippen LogP contribution in [0, 0.1) is 0 Å². The normalized spacial score (nSPS) is 16.2. The molecule has 1 atom stereocenters. The smallest absolute Gasteiger partial charge is 0.173 e. The van der Waals surface area contributed by atoms with Gasteiger partial charge >= 0.3 is 0 Å². The van der Waals surface area contributed by atoms with E-state index >= 15 is 0 Å². The minimum Gasteiger partial charge on any atom is -0.497 e. The summed E-state index contributed by atoms with van der Waals surface area (Å²) in [5.41, 5.74) is 2.24. The second-order valence-corrected chi connectivity index (χ2v) is 8.06. The number of benzene rings is 2. The van der Waals surface area contributed by atoms with Gasteiger partial charge < -0.3 is 4.74 Å². The van der Waals surface area contributed by atoms with Crippen molar-refractivity contribution in [3.8, 4) is 5.75 Å². The number of halogens is 1. The summed E-state index contributed by atoms with van der Waals surface area (Å²) in [6.07, 6.45) is 1.96. The van der Waals surface area contributed by atoms with Crippen LogP contribution in [-0.4, -0.2) is 69.8 Å². The highest BCUT2D eigenvalue weighted by Gasteiger charge is 2.30. The average molecular weight is 439 g/mol. The van der Waals surface area contributed by atoms with Gasteiger partial charge in [0.15, 0.2) is 5.82 Å². The molecule has 0 N–H and O–H groups in total. The molecule has 8 heteroatoms. The van der Waals surface area contributed by atoms with Crippen molar-refractivity contribution in [1.82, 2.24) is 30.0 Å². The van der Waals surface area contributed by atoms with Gasteiger partial charge in [0, 0.05) is 37.7 Å². The quantitative estimate of drug-likeness (QED) is 0.503. The van der Waals surface area contributed by atoms with E-state index in [1.54, 1.807) is 7.11 Å². The summed E-state index contributed by atoms with van der Waals surface area (Å²) in [5.74, 6) is 1.66. The third-order valence-electron chi connectivity index (χ3n) is 5.64. The molecule has 31 heavy (non-hydrogen) atoms. The zero-order valence-electron chi connectivity index (χ0n) is 17.7. The van der Waals surface area contributed by atoms with E-state index in [1.165, 1.54) is 0 Å². The van der Waals surface area contributed by atoms with Gasteiger partial charge in [0.1, 0.15) is 5.75 Å². The Morgan fingerprint density at radius 3 is 2.42 bits per heavy atom. The molecule has 7 nitrogen and oxygen atoms in total. The molecule has 1 saturated heterocycles. The lowest BCUT2D eigenvalue weighted by Crippen LogP contribution is -2.48. The summed E-state index contributed by atoms with van der Waals surface area (Å²) < 4.78 is 7.15. The van der Waals surface area contributed by atoms with Crippen LogP contribution in [0.1, 0.15) is 23.0 Å². The molecule has 0 unspecified atom stereocenters. The molecule has 3 aromatic rings. The summed E-state index contributed by atoms with van der Waals surface area (Å²) in [4.78, 5) is 4.85. The molecule has 0 radical (unpaired) electrons. The van der Waals surface area contributed by atoms with Gasteiger partial charge in [-0.1, -0.05) is 41.9 Å². The lowest BCUT2D eigenvalue weighted by molar-refractivity contribution is 0.112. The molecule has 162 valence electrons. The van der Waals surface area contributed by atoms with E-state index in [0.29, 0.717) is 6.54 Å². The first kappa shape index (κ1) is 21.5. The van der Waals surface area contributed by atoms with Gasteiger partial charge in [-0.3, -0.25) is 9.80 Å². The predicted octanol–water partition coefficient (Wildman–Crippen LogP) is 3.28. The number of methoxy groups -OCH3 is 1. The number of nitrogens with zero attached hydrogens (tertiary/aromatic N) is 6. The minimum atomic E-state index is -0.0450. The summed E-state index contributed by atoms with van der Waals surface area (Å²) in [6.45, 7) is 9.18. The number of aromatic nitrogens is 4. The Morgan fingerprint density at radius 1 is 1.06 bits per heavy atom. The molecule has 0 bridgehead atoms. The fourth-order valence-corrected chi connectivity index (χ4v) is 4.10. The number of piperazine rings is 1.